The van der Waals surface area contributed by atoms with Crippen molar-refractivity contribution < 1.29 is 4.52 Å². The van der Waals surface area contributed by atoms with E-state index in [-0.39, 0.29) is 24.0 Å². The summed E-state index contributed by atoms with van der Waals surface area (Å²) in [5.41, 5.74) is 3.20. The van der Waals surface area contributed by atoms with Crippen LogP contribution in [0.15, 0.2) is 39.8 Å². The van der Waals surface area contributed by atoms with E-state index in [1.807, 2.05) is 12.1 Å². The summed E-state index contributed by atoms with van der Waals surface area (Å²) in [6, 6.07) is 10.2. The molecule has 0 fully saturated rings. The van der Waals surface area contributed by atoms with Crippen molar-refractivity contribution in [2.75, 3.05) is 13.6 Å². The van der Waals surface area contributed by atoms with Crippen molar-refractivity contribution >= 4 is 41.0 Å². The first-order valence-corrected chi connectivity index (χ1v) is 9.02. The van der Waals surface area contributed by atoms with Gasteiger partial charge in [-0.1, -0.05) is 24.2 Å². The molecule has 0 atom stereocenters. The number of benzene rings is 1. The average molecular weight is 482 g/mol. The number of nitrogens with one attached hydrogen (secondary N) is 2. The summed E-state index contributed by atoms with van der Waals surface area (Å²) in [4.78, 5) is 8.85. The van der Waals surface area contributed by atoms with Gasteiger partial charge < -0.3 is 19.7 Å². The molecule has 0 saturated heterocycles. The minimum absolute atomic E-state index is 0. The van der Waals surface area contributed by atoms with Gasteiger partial charge in [-0.05, 0) is 31.9 Å². The van der Waals surface area contributed by atoms with Crippen LogP contribution in [0.5, 0.6) is 0 Å². The highest BCUT2D eigenvalue weighted by Crippen LogP contribution is 2.15. The number of hydrogen-bond acceptors (Lipinski definition) is 4. The van der Waals surface area contributed by atoms with Gasteiger partial charge in [0.25, 0.3) is 0 Å². The highest BCUT2D eigenvalue weighted by molar-refractivity contribution is 14.0. The first-order valence-electron chi connectivity index (χ1n) is 9.02. The van der Waals surface area contributed by atoms with Crippen LogP contribution in [-0.2, 0) is 19.5 Å². The lowest BCUT2D eigenvalue weighted by molar-refractivity contribution is 0.374. The van der Waals surface area contributed by atoms with Crippen LogP contribution in [0, 0.1) is 6.92 Å². The standard InChI is InChI=1S/C19H26N6O.HI/c1-4-15-12-16(26-24-15)13-22-19(20-3)21-10-7-11-25-14(2)23-17-8-5-6-9-18(17)25;/h5-6,8-9,12H,4,7,10-11,13H2,1-3H3,(H2,20,21,22);1H. The Morgan fingerprint density at radius 1 is 1.26 bits per heavy atom. The summed E-state index contributed by atoms with van der Waals surface area (Å²) in [7, 11) is 1.76. The second-order valence-electron chi connectivity index (χ2n) is 6.14. The lowest BCUT2D eigenvalue weighted by Gasteiger charge is -2.11. The zero-order chi connectivity index (χ0) is 18.4. The molecule has 27 heavy (non-hydrogen) atoms. The van der Waals surface area contributed by atoms with Crippen molar-refractivity contribution in [1.29, 1.82) is 0 Å². The number of aromatic nitrogens is 3. The summed E-state index contributed by atoms with van der Waals surface area (Å²) >= 11 is 0. The van der Waals surface area contributed by atoms with Gasteiger partial charge in [-0.25, -0.2) is 4.98 Å². The quantitative estimate of drug-likeness (QED) is 0.234. The fourth-order valence-corrected chi connectivity index (χ4v) is 2.92. The Kier molecular flexibility index (Phi) is 8.08. The van der Waals surface area contributed by atoms with Gasteiger partial charge in [-0.3, -0.25) is 4.99 Å². The van der Waals surface area contributed by atoms with Crippen molar-refractivity contribution in [3.05, 3.63) is 47.6 Å². The Balaban J connectivity index is 0.00000261. The number of aryl methyl sites for hydroxylation is 3. The predicted molar refractivity (Wildman–Crippen MR) is 119 cm³/mol. The van der Waals surface area contributed by atoms with Gasteiger partial charge in [0.05, 0.1) is 23.3 Å². The van der Waals surface area contributed by atoms with Crippen molar-refractivity contribution in [3.63, 3.8) is 0 Å². The third-order valence-electron chi connectivity index (χ3n) is 4.32. The molecule has 2 heterocycles. The van der Waals surface area contributed by atoms with Crippen LogP contribution in [0.4, 0.5) is 0 Å². The van der Waals surface area contributed by atoms with Gasteiger partial charge in [0.15, 0.2) is 11.7 Å². The van der Waals surface area contributed by atoms with Gasteiger partial charge in [0.1, 0.15) is 5.82 Å². The molecule has 0 aliphatic rings. The second kappa shape index (κ2) is 10.3. The number of para-hydroxylation sites is 2. The van der Waals surface area contributed by atoms with Crippen LogP contribution in [0.1, 0.15) is 30.6 Å². The number of halogens is 1. The third kappa shape index (κ3) is 5.44. The van der Waals surface area contributed by atoms with Crippen LogP contribution in [0.2, 0.25) is 0 Å². The number of aliphatic imine (C=N–C) groups is 1. The SMILES string of the molecule is CCc1cc(CNC(=NC)NCCCn2c(C)nc3ccccc32)on1.I. The number of fused-ring (bicyclic) bond motifs is 1. The summed E-state index contributed by atoms with van der Waals surface area (Å²) in [5.74, 6) is 2.61. The molecule has 0 saturated carbocycles. The van der Waals surface area contributed by atoms with Gasteiger partial charge in [0, 0.05) is 26.2 Å². The Bertz CT molecular complexity index is 885. The maximum atomic E-state index is 5.27. The van der Waals surface area contributed by atoms with E-state index in [0.717, 1.165) is 54.7 Å². The summed E-state index contributed by atoms with van der Waals surface area (Å²) in [6.45, 7) is 6.41. The van der Waals surface area contributed by atoms with Crippen LogP contribution >= 0.6 is 24.0 Å². The van der Waals surface area contributed by atoms with E-state index in [1.165, 1.54) is 5.52 Å². The molecule has 146 valence electrons. The Morgan fingerprint density at radius 2 is 2.07 bits per heavy atom. The highest BCUT2D eigenvalue weighted by Gasteiger charge is 2.07. The summed E-state index contributed by atoms with van der Waals surface area (Å²) in [5, 5.41) is 10.6. The summed E-state index contributed by atoms with van der Waals surface area (Å²) in [6.07, 6.45) is 1.85. The van der Waals surface area contributed by atoms with Crippen LogP contribution < -0.4 is 10.6 Å². The van der Waals surface area contributed by atoms with Crippen molar-refractivity contribution in [2.24, 2.45) is 4.99 Å². The van der Waals surface area contributed by atoms with E-state index >= 15 is 0 Å². The molecular weight excluding hydrogens is 455 g/mol. The molecule has 8 heteroatoms. The van der Waals surface area contributed by atoms with E-state index in [0.29, 0.717) is 6.54 Å². The van der Waals surface area contributed by atoms with E-state index in [1.54, 1.807) is 7.05 Å². The Hall–Kier alpha value is -2.10. The molecule has 0 amide bonds. The first-order chi connectivity index (χ1) is 12.7. The predicted octanol–water partition coefficient (Wildman–Crippen LogP) is 3.27. The van der Waals surface area contributed by atoms with Crippen LogP contribution in [0.3, 0.4) is 0 Å². The molecule has 7 nitrogen and oxygen atoms in total. The third-order valence-corrected chi connectivity index (χ3v) is 4.32. The molecule has 1 aromatic carbocycles. The molecule has 3 rings (SSSR count). The zero-order valence-electron chi connectivity index (χ0n) is 16.0. The van der Waals surface area contributed by atoms with E-state index < -0.39 is 0 Å². The fourth-order valence-electron chi connectivity index (χ4n) is 2.92. The number of rotatable bonds is 7. The lowest BCUT2D eigenvalue weighted by atomic mass is 10.3. The monoisotopic (exact) mass is 482 g/mol. The first kappa shape index (κ1) is 21.2. The van der Waals surface area contributed by atoms with Crippen molar-refractivity contribution in [2.45, 2.75) is 39.8 Å². The molecule has 0 bridgehead atoms. The Morgan fingerprint density at radius 3 is 2.81 bits per heavy atom. The van der Waals surface area contributed by atoms with Gasteiger partial charge >= 0.3 is 0 Å². The topological polar surface area (TPSA) is 80.3 Å². The van der Waals surface area contributed by atoms with Crippen molar-refractivity contribution in [1.82, 2.24) is 25.3 Å². The second-order valence-corrected chi connectivity index (χ2v) is 6.14. The van der Waals surface area contributed by atoms with E-state index in [9.17, 15) is 0 Å². The van der Waals surface area contributed by atoms with E-state index in [2.05, 4.69) is 62.4 Å². The molecule has 0 aliphatic carbocycles. The summed E-state index contributed by atoms with van der Waals surface area (Å²) < 4.78 is 7.53. The molecule has 2 N–H and O–H groups in total. The maximum absolute atomic E-state index is 5.27. The number of nitrogens with zero attached hydrogens (tertiary/aromatic N) is 4. The van der Waals surface area contributed by atoms with Gasteiger partial charge in [-0.15, -0.1) is 24.0 Å². The molecule has 0 unspecified atom stereocenters. The normalized spacial score (nSPS) is 11.4. The maximum Gasteiger partial charge on any atom is 0.191 e. The molecule has 0 radical (unpaired) electrons. The average Bonchev–Trinajstić information content (AvgIpc) is 3.25. The fraction of sp³-hybridized carbons (Fsp3) is 0.421. The molecule has 0 spiro atoms. The minimum Gasteiger partial charge on any atom is -0.359 e. The molecular formula is C19H27IN6O. The number of guanidine groups is 1. The van der Waals surface area contributed by atoms with Crippen molar-refractivity contribution in [3.8, 4) is 0 Å². The lowest BCUT2D eigenvalue weighted by Crippen LogP contribution is -2.37. The largest absolute Gasteiger partial charge is 0.359 e. The number of hydrogen-bond donors (Lipinski definition) is 2. The minimum atomic E-state index is 0. The van der Waals surface area contributed by atoms with E-state index in [4.69, 9.17) is 4.52 Å². The molecule has 3 aromatic rings. The van der Waals surface area contributed by atoms with Gasteiger partial charge in [-0.2, -0.15) is 0 Å². The van der Waals surface area contributed by atoms with Crippen LogP contribution in [-0.4, -0.2) is 34.3 Å². The number of imidazole rings is 1. The smallest absolute Gasteiger partial charge is 0.191 e. The Labute approximate surface area is 176 Å². The molecule has 2 aromatic heterocycles. The van der Waals surface area contributed by atoms with Crippen LogP contribution in [0.25, 0.3) is 11.0 Å². The highest BCUT2D eigenvalue weighted by atomic mass is 127. The molecule has 0 aliphatic heterocycles. The van der Waals surface area contributed by atoms with Gasteiger partial charge in [0.2, 0.25) is 0 Å². The zero-order valence-corrected chi connectivity index (χ0v) is 18.4.